The van der Waals surface area contributed by atoms with Gasteiger partial charge in [-0.25, -0.2) is 0 Å². The fourth-order valence-electron chi connectivity index (χ4n) is 2.18. The fourth-order valence-corrected chi connectivity index (χ4v) is 3.14. The van der Waals surface area contributed by atoms with Crippen LogP contribution in [0.15, 0.2) is 29.2 Å². The molecule has 0 radical (unpaired) electrons. The smallest absolute Gasteiger partial charge is 0.269 e. The van der Waals surface area contributed by atoms with Crippen LogP contribution in [0.2, 0.25) is 0 Å². The van der Waals surface area contributed by atoms with E-state index in [-0.39, 0.29) is 11.6 Å². The molecule has 96 valence electrons. The van der Waals surface area contributed by atoms with Gasteiger partial charge in [0.15, 0.2) is 0 Å². The van der Waals surface area contributed by atoms with Crippen molar-refractivity contribution in [2.75, 3.05) is 5.75 Å². The summed E-state index contributed by atoms with van der Waals surface area (Å²) < 4.78 is 0. The standard InChI is InChI=1S/C13H15NO3S/c15-13-3-1-2-10(13)8-9-18-12-6-4-11(5-7-12)14(16)17/h4-7,10H,1-3,8-9H2. The van der Waals surface area contributed by atoms with E-state index < -0.39 is 4.92 Å². The molecule has 1 saturated carbocycles. The molecule has 0 spiro atoms. The molecule has 0 amide bonds. The molecule has 1 fully saturated rings. The Bertz CT molecular complexity index is 444. The molecule has 1 aliphatic rings. The summed E-state index contributed by atoms with van der Waals surface area (Å²) in [5, 5.41) is 10.5. The third kappa shape index (κ3) is 3.32. The van der Waals surface area contributed by atoms with Gasteiger partial charge in [0.2, 0.25) is 0 Å². The van der Waals surface area contributed by atoms with Crippen LogP contribution in [0.4, 0.5) is 5.69 Å². The van der Waals surface area contributed by atoms with Crippen LogP contribution in [0.3, 0.4) is 0 Å². The second kappa shape index (κ2) is 6.00. The Kier molecular flexibility index (Phi) is 4.36. The van der Waals surface area contributed by atoms with Crippen LogP contribution < -0.4 is 0 Å². The summed E-state index contributed by atoms with van der Waals surface area (Å²) in [6, 6.07) is 6.56. The zero-order chi connectivity index (χ0) is 13.0. The summed E-state index contributed by atoms with van der Waals surface area (Å²) in [6.07, 6.45) is 3.72. The summed E-state index contributed by atoms with van der Waals surface area (Å²) in [7, 11) is 0. The van der Waals surface area contributed by atoms with Gasteiger partial charge in [0.1, 0.15) is 5.78 Å². The zero-order valence-electron chi connectivity index (χ0n) is 10.0. The number of carbonyl (C=O) groups excluding carboxylic acids is 1. The topological polar surface area (TPSA) is 60.2 Å². The molecule has 1 atom stereocenters. The Morgan fingerprint density at radius 1 is 1.33 bits per heavy atom. The molecule has 2 rings (SSSR count). The predicted octanol–water partition coefficient (Wildman–Crippen LogP) is 3.45. The van der Waals surface area contributed by atoms with Crippen molar-refractivity contribution in [3.63, 3.8) is 0 Å². The average molecular weight is 265 g/mol. The Balaban J connectivity index is 1.79. The monoisotopic (exact) mass is 265 g/mol. The van der Waals surface area contributed by atoms with Crippen LogP contribution in [-0.4, -0.2) is 16.5 Å². The lowest BCUT2D eigenvalue weighted by molar-refractivity contribution is -0.384. The first-order valence-corrected chi connectivity index (χ1v) is 7.05. The minimum Gasteiger partial charge on any atom is -0.299 e. The third-order valence-electron chi connectivity index (χ3n) is 3.21. The molecule has 4 nitrogen and oxygen atoms in total. The van der Waals surface area contributed by atoms with Gasteiger partial charge in [0.05, 0.1) is 4.92 Å². The maximum Gasteiger partial charge on any atom is 0.269 e. The van der Waals surface area contributed by atoms with E-state index in [1.54, 1.807) is 23.9 Å². The summed E-state index contributed by atoms with van der Waals surface area (Å²) in [6.45, 7) is 0. The van der Waals surface area contributed by atoms with Crippen molar-refractivity contribution in [1.82, 2.24) is 0 Å². The number of carbonyl (C=O) groups is 1. The second-order valence-corrected chi connectivity index (χ2v) is 5.61. The Morgan fingerprint density at radius 2 is 2.06 bits per heavy atom. The molecule has 0 aliphatic heterocycles. The van der Waals surface area contributed by atoms with Crippen LogP contribution in [0.25, 0.3) is 0 Å². The van der Waals surface area contributed by atoms with E-state index in [0.717, 1.165) is 36.3 Å². The fraction of sp³-hybridized carbons (Fsp3) is 0.462. The van der Waals surface area contributed by atoms with Crippen LogP contribution in [0.1, 0.15) is 25.7 Å². The quantitative estimate of drug-likeness (QED) is 0.465. The molecule has 0 bridgehead atoms. The van der Waals surface area contributed by atoms with Crippen molar-refractivity contribution in [1.29, 1.82) is 0 Å². The highest BCUT2D eigenvalue weighted by Crippen LogP contribution is 2.28. The molecule has 5 heteroatoms. The minimum absolute atomic E-state index is 0.116. The first kappa shape index (κ1) is 13.1. The van der Waals surface area contributed by atoms with Crippen molar-refractivity contribution in [2.45, 2.75) is 30.6 Å². The molecular formula is C13H15NO3S. The van der Waals surface area contributed by atoms with Gasteiger partial charge >= 0.3 is 0 Å². The van der Waals surface area contributed by atoms with E-state index in [1.165, 1.54) is 12.1 Å². The number of nitro groups is 1. The van der Waals surface area contributed by atoms with E-state index in [0.29, 0.717) is 5.78 Å². The van der Waals surface area contributed by atoms with Gasteiger partial charge in [0.25, 0.3) is 5.69 Å². The van der Waals surface area contributed by atoms with E-state index in [4.69, 9.17) is 0 Å². The highest BCUT2D eigenvalue weighted by Gasteiger charge is 2.23. The highest BCUT2D eigenvalue weighted by molar-refractivity contribution is 7.99. The van der Waals surface area contributed by atoms with E-state index in [9.17, 15) is 14.9 Å². The number of Topliss-reactive ketones (excluding diaryl/α,β-unsaturated/α-hetero) is 1. The first-order chi connectivity index (χ1) is 8.66. The van der Waals surface area contributed by atoms with Gasteiger partial charge in [-0.05, 0) is 37.1 Å². The summed E-state index contributed by atoms with van der Waals surface area (Å²) in [5.41, 5.74) is 0.116. The third-order valence-corrected chi connectivity index (χ3v) is 4.26. The number of nitro benzene ring substituents is 1. The number of hydrogen-bond acceptors (Lipinski definition) is 4. The van der Waals surface area contributed by atoms with Crippen molar-refractivity contribution in [3.8, 4) is 0 Å². The normalized spacial score (nSPS) is 19.1. The van der Waals surface area contributed by atoms with Crippen LogP contribution in [0.5, 0.6) is 0 Å². The molecule has 1 aromatic carbocycles. The number of benzene rings is 1. The zero-order valence-corrected chi connectivity index (χ0v) is 10.8. The molecule has 1 aromatic rings. The molecule has 0 aromatic heterocycles. The average Bonchev–Trinajstić information content (AvgIpc) is 2.76. The number of nitrogens with zero attached hydrogens (tertiary/aromatic N) is 1. The Hall–Kier alpha value is -1.36. The first-order valence-electron chi connectivity index (χ1n) is 6.07. The number of hydrogen-bond donors (Lipinski definition) is 0. The lowest BCUT2D eigenvalue weighted by atomic mass is 10.1. The second-order valence-electron chi connectivity index (χ2n) is 4.44. The lowest BCUT2D eigenvalue weighted by Gasteiger charge is -2.06. The van der Waals surface area contributed by atoms with Gasteiger partial charge < -0.3 is 0 Å². The minimum atomic E-state index is -0.397. The number of non-ortho nitro benzene ring substituents is 1. The summed E-state index contributed by atoms with van der Waals surface area (Å²) in [5.74, 6) is 1.55. The Labute approximate surface area is 110 Å². The van der Waals surface area contributed by atoms with E-state index in [2.05, 4.69) is 0 Å². The van der Waals surface area contributed by atoms with Crippen LogP contribution in [-0.2, 0) is 4.79 Å². The molecular weight excluding hydrogens is 250 g/mol. The van der Waals surface area contributed by atoms with Crippen LogP contribution in [0, 0.1) is 16.0 Å². The molecule has 1 unspecified atom stereocenters. The largest absolute Gasteiger partial charge is 0.299 e. The summed E-state index contributed by atoms with van der Waals surface area (Å²) >= 11 is 1.65. The number of rotatable bonds is 5. The van der Waals surface area contributed by atoms with Crippen molar-refractivity contribution in [2.24, 2.45) is 5.92 Å². The van der Waals surface area contributed by atoms with Gasteiger partial charge in [-0.15, -0.1) is 11.8 Å². The van der Waals surface area contributed by atoms with E-state index in [1.807, 2.05) is 0 Å². The maximum atomic E-state index is 11.5. The maximum absolute atomic E-state index is 11.5. The van der Waals surface area contributed by atoms with Gasteiger partial charge in [-0.2, -0.15) is 0 Å². The molecule has 0 N–H and O–H groups in total. The Morgan fingerprint density at radius 3 is 2.61 bits per heavy atom. The van der Waals surface area contributed by atoms with Gasteiger partial charge in [-0.3, -0.25) is 14.9 Å². The number of thioether (sulfide) groups is 1. The summed E-state index contributed by atoms with van der Waals surface area (Å²) in [4.78, 5) is 22.6. The lowest BCUT2D eigenvalue weighted by Crippen LogP contribution is -2.06. The predicted molar refractivity (Wildman–Crippen MR) is 70.8 cm³/mol. The molecule has 0 saturated heterocycles. The van der Waals surface area contributed by atoms with Crippen molar-refractivity contribution < 1.29 is 9.72 Å². The van der Waals surface area contributed by atoms with Gasteiger partial charge in [0, 0.05) is 29.4 Å². The van der Waals surface area contributed by atoms with Gasteiger partial charge in [-0.1, -0.05) is 0 Å². The molecule has 0 heterocycles. The number of ketones is 1. The van der Waals surface area contributed by atoms with Crippen LogP contribution >= 0.6 is 11.8 Å². The van der Waals surface area contributed by atoms with Crippen molar-refractivity contribution in [3.05, 3.63) is 34.4 Å². The van der Waals surface area contributed by atoms with E-state index >= 15 is 0 Å². The molecule has 1 aliphatic carbocycles. The molecule has 18 heavy (non-hydrogen) atoms. The SMILES string of the molecule is O=C1CCCC1CCSc1ccc([N+](=O)[O-])cc1. The highest BCUT2D eigenvalue weighted by atomic mass is 32.2. The van der Waals surface area contributed by atoms with Crippen molar-refractivity contribution >= 4 is 23.2 Å².